The summed E-state index contributed by atoms with van der Waals surface area (Å²) in [4.78, 5) is 18.9. The number of nitrogens with zero attached hydrogens (tertiary/aromatic N) is 3. The predicted octanol–water partition coefficient (Wildman–Crippen LogP) is 1.94. The summed E-state index contributed by atoms with van der Waals surface area (Å²) in [7, 11) is 1.70. The Bertz CT molecular complexity index is 855. The molecule has 1 aliphatic heterocycles. The van der Waals surface area contributed by atoms with Crippen molar-refractivity contribution in [3.05, 3.63) is 24.3 Å². The zero-order valence-electron chi connectivity index (χ0n) is 15.7. The average molecular weight is 385 g/mol. The lowest BCUT2D eigenvalue weighted by atomic mass is 9.41. The highest BCUT2D eigenvalue weighted by atomic mass is 16.5. The number of methoxy groups -OCH3 is 1. The van der Waals surface area contributed by atoms with E-state index in [9.17, 15) is 4.79 Å². The van der Waals surface area contributed by atoms with Gasteiger partial charge in [-0.05, 0) is 43.5 Å². The van der Waals surface area contributed by atoms with Crippen LogP contribution in [0.5, 0.6) is 11.8 Å². The van der Waals surface area contributed by atoms with Crippen molar-refractivity contribution in [1.29, 1.82) is 0 Å². The van der Waals surface area contributed by atoms with Crippen LogP contribution in [0.4, 0.5) is 11.6 Å². The number of carbonyl (C=O) groups is 1. The van der Waals surface area contributed by atoms with Crippen LogP contribution in [0.3, 0.4) is 0 Å². The van der Waals surface area contributed by atoms with Crippen LogP contribution in [0.25, 0.3) is 0 Å². The summed E-state index contributed by atoms with van der Waals surface area (Å²) in [6, 6.07) is 7.94. The molecule has 28 heavy (non-hydrogen) atoms. The molecule has 2 N–H and O–H groups in total. The average Bonchev–Trinajstić information content (AvgIpc) is 3.08. The van der Waals surface area contributed by atoms with Crippen LogP contribution in [0.1, 0.15) is 19.3 Å². The van der Waals surface area contributed by atoms with Gasteiger partial charge in [-0.1, -0.05) is 0 Å². The zero-order chi connectivity index (χ0) is 19.2. The van der Waals surface area contributed by atoms with E-state index in [0.29, 0.717) is 11.7 Å². The van der Waals surface area contributed by atoms with Gasteiger partial charge < -0.3 is 19.1 Å². The summed E-state index contributed by atoms with van der Waals surface area (Å²) in [6.45, 7) is 3.27. The first-order chi connectivity index (χ1) is 13.6. The van der Waals surface area contributed by atoms with Gasteiger partial charge in [0, 0.05) is 25.9 Å². The second-order valence-corrected chi connectivity index (χ2v) is 7.81. The number of hydrogen-bond acceptors (Lipinski definition) is 7. The number of morpholine rings is 1. The molecule has 3 aliphatic carbocycles. The van der Waals surface area contributed by atoms with Gasteiger partial charge in [0.25, 0.3) is 0 Å². The maximum absolute atomic E-state index is 12.5. The number of hydrogen-bond donors (Lipinski definition) is 2. The fraction of sp³-hybridized carbons (Fsp3) is 0.526. The normalized spacial score (nSPS) is 28.2. The minimum Gasteiger partial charge on any atom is -0.423 e. The van der Waals surface area contributed by atoms with E-state index in [4.69, 9.17) is 14.2 Å². The second kappa shape index (κ2) is 6.46. The molecule has 1 amide bonds. The van der Waals surface area contributed by atoms with Crippen LogP contribution in [0.15, 0.2) is 24.3 Å². The summed E-state index contributed by atoms with van der Waals surface area (Å²) in [5, 5.41) is 9.53. The molecule has 2 heterocycles. The molecule has 2 aromatic rings. The van der Waals surface area contributed by atoms with E-state index in [2.05, 4.69) is 25.4 Å². The van der Waals surface area contributed by atoms with E-state index in [1.807, 2.05) is 24.3 Å². The fourth-order valence-electron chi connectivity index (χ4n) is 4.39. The van der Waals surface area contributed by atoms with Gasteiger partial charge in [-0.2, -0.15) is 4.98 Å². The smallest absolute Gasteiger partial charge is 0.342 e. The Hall–Kier alpha value is -2.65. The number of aromatic nitrogens is 3. The highest BCUT2D eigenvalue weighted by molar-refractivity contribution is 5.96. The van der Waals surface area contributed by atoms with Gasteiger partial charge >= 0.3 is 6.01 Å². The molecule has 9 nitrogen and oxygen atoms in total. The van der Waals surface area contributed by atoms with Gasteiger partial charge in [0.1, 0.15) is 5.75 Å². The Kier molecular flexibility index (Phi) is 4.02. The first kappa shape index (κ1) is 17.4. The fourth-order valence-corrected chi connectivity index (χ4v) is 4.39. The van der Waals surface area contributed by atoms with Gasteiger partial charge in [-0.25, -0.2) is 5.10 Å². The van der Waals surface area contributed by atoms with E-state index >= 15 is 0 Å². The highest BCUT2D eigenvalue weighted by Gasteiger charge is 2.72. The molecule has 1 aromatic heterocycles. The van der Waals surface area contributed by atoms with E-state index in [1.165, 1.54) is 0 Å². The zero-order valence-corrected chi connectivity index (χ0v) is 15.7. The van der Waals surface area contributed by atoms with Crippen molar-refractivity contribution in [3.8, 4) is 11.8 Å². The first-order valence-corrected chi connectivity index (χ1v) is 9.50. The molecule has 6 rings (SSSR count). The maximum atomic E-state index is 12.5. The van der Waals surface area contributed by atoms with Crippen molar-refractivity contribution in [2.45, 2.75) is 24.9 Å². The Balaban J connectivity index is 1.17. The third kappa shape index (κ3) is 2.91. The number of rotatable bonds is 6. The van der Waals surface area contributed by atoms with Crippen LogP contribution in [0.2, 0.25) is 0 Å². The molecular weight excluding hydrogens is 362 g/mol. The number of benzene rings is 1. The number of ether oxygens (including phenoxy) is 3. The van der Waals surface area contributed by atoms with Crippen molar-refractivity contribution in [1.82, 2.24) is 15.2 Å². The van der Waals surface area contributed by atoms with E-state index < -0.39 is 0 Å². The quantitative estimate of drug-likeness (QED) is 0.783. The van der Waals surface area contributed by atoms with Gasteiger partial charge in [-0.3, -0.25) is 10.1 Å². The Morgan fingerprint density at radius 2 is 1.93 bits per heavy atom. The van der Waals surface area contributed by atoms with Crippen molar-refractivity contribution < 1.29 is 19.0 Å². The van der Waals surface area contributed by atoms with Gasteiger partial charge in [0.15, 0.2) is 0 Å². The summed E-state index contributed by atoms with van der Waals surface area (Å²) < 4.78 is 16.5. The van der Waals surface area contributed by atoms with E-state index in [0.717, 1.165) is 51.3 Å². The molecule has 1 saturated heterocycles. The molecule has 0 spiro atoms. The summed E-state index contributed by atoms with van der Waals surface area (Å²) in [5.74, 6) is 0.889. The number of amides is 1. The monoisotopic (exact) mass is 385 g/mol. The van der Waals surface area contributed by atoms with Gasteiger partial charge in [-0.15, -0.1) is 5.10 Å². The molecule has 4 aliphatic rings. The van der Waals surface area contributed by atoms with Crippen molar-refractivity contribution in [3.63, 3.8) is 0 Å². The molecule has 1 aromatic carbocycles. The van der Waals surface area contributed by atoms with E-state index in [-0.39, 0.29) is 22.9 Å². The minimum atomic E-state index is -0.306. The van der Waals surface area contributed by atoms with Crippen molar-refractivity contribution in [2.24, 2.45) is 5.41 Å². The SMILES string of the molecule is COC12CC(C(=O)Nc3nc(Oc4ccc(N5CCOCC5)cc4)n[nH]3)(C1)C2. The molecule has 0 atom stereocenters. The van der Waals surface area contributed by atoms with Crippen LogP contribution < -0.4 is 15.0 Å². The molecule has 4 fully saturated rings. The first-order valence-electron chi connectivity index (χ1n) is 9.50. The van der Waals surface area contributed by atoms with Crippen LogP contribution in [-0.4, -0.2) is 60.1 Å². The second-order valence-electron chi connectivity index (χ2n) is 7.81. The third-order valence-electron chi connectivity index (χ3n) is 6.02. The molecule has 148 valence electrons. The minimum absolute atomic E-state index is 0.0380. The van der Waals surface area contributed by atoms with Crippen molar-refractivity contribution in [2.75, 3.05) is 43.6 Å². The third-order valence-corrected chi connectivity index (χ3v) is 6.02. The number of anilines is 2. The number of nitrogens with one attached hydrogen (secondary N) is 2. The predicted molar refractivity (Wildman–Crippen MR) is 101 cm³/mol. The Labute approximate surface area is 162 Å². The molecule has 9 heteroatoms. The standard InChI is InChI=1S/C19H23N5O4/c1-26-19-10-18(11-19,12-19)15(25)20-16-21-17(23-22-16)28-14-4-2-13(3-5-14)24-6-8-27-9-7-24/h2-5H,6-12H2,1H3,(H2,20,21,22,23,25). The van der Waals surface area contributed by atoms with Crippen LogP contribution in [-0.2, 0) is 14.3 Å². The number of carbonyl (C=O) groups excluding carboxylic acids is 1. The lowest BCUT2D eigenvalue weighted by Gasteiger charge is -2.67. The summed E-state index contributed by atoms with van der Waals surface area (Å²) >= 11 is 0. The Morgan fingerprint density at radius 3 is 2.61 bits per heavy atom. The molecule has 3 saturated carbocycles. The Morgan fingerprint density at radius 1 is 1.21 bits per heavy atom. The van der Waals surface area contributed by atoms with Crippen LogP contribution >= 0.6 is 0 Å². The molecular formula is C19H23N5O4. The maximum Gasteiger partial charge on any atom is 0.342 e. The lowest BCUT2D eigenvalue weighted by Crippen LogP contribution is -2.72. The summed E-state index contributed by atoms with van der Waals surface area (Å²) in [6.07, 6.45) is 2.32. The molecule has 2 bridgehead atoms. The number of aromatic amines is 1. The molecule has 0 radical (unpaired) electrons. The molecule has 0 unspecified atom stereocenters. The topological polar surface area (TPSA) is 102 Å². The highest BCUT2D eigenvalue weighted by Crippen LogP contribution is 2.69. The van der Waals surface area contributed by atoms with Gasteiger partial charge in [0.05, 0.1) is 24.2 Å². The van der Waals surface area contributed by atoms with Crippen molar-refractivity contribution >= 4 is 17.5 Å². The van der Waals surface area contributed by atoms with E-state index in [1.54, 1.807) is 7.11 Å². The summed E-state index contributed by atoms with van der Waals surface area (Å²) in [5.41, 5.74) is 0.755. The number of H-pyrrole nitrogens is 1. The lowest BCUT2D eigenvalue weighted by molar-refractivity contribution is -0.260. The largest absolute Gasteiger partial charge is 0.423 e. The van der Waals surface area contributed by atoms with Gasteiger partial charge in [0.2, 0.25) is 11.9 Å². The van der Waals surface area contributed by atoms with Crippen LogP contribution in [0, 0.1) is 5.41 Å².